The van der Waals surface area contributed by atoms with Crippen molar-refractivity contribution in [1.29, 1.82) is 0 Å². The molecule has 9 heteroatoms. The first-order chi connectivity index (χ1) is 11.6. The summed E-state index contributed by atoms with van der Waals surface area (Å²) in [6.45, 7) is 0. The number of rotatable bonds is 3. The molecule has 0 aliphatic heterocycles. The van der Waals surface area contributed by atoms with Crippen molar-refractivity contribution in [1.82, 2.24) is 9.38 Å². The number of Topliss-reactive ketones (excluding diaryl/α,β-unsaturated/α-hetero) is 1. The fourth-order valence-corrected chi connectivity index (χ4v) is 5.13. The molecule has 2 aromatic heterocycles. The number of hydrogen-bond acceptors (Lipinski definition) is 6. The summed E-state index contributed by atoms with van der Waals surface area (Å²) in [4.78, 5) is 17.8. The minimum atomic E-state index is -3.48. The molecule has 1 unspecified atom stereocenters. The van der Waals surface area contributed by atoms with Gasteiger partial charge in [-0.2, -0.15) is 0 Å². The maximum absolute atomic E-state index is 12.3. The van der Waals surface area contributed by atoms with Gasteiger partial charge in [0.05, 0.1) is 9.70 Å². The number of thiazole rings is 1. The van der Waals surface area contributed by atoms with Crippen molar-refractivity contribution in [2.24, 2.45) is 0 Å². The molecule has 0 saturated heterocycles. The number of carbonyl (C=O) groups excluding carboxylic acids is 1. The van der Waals surface area contributed by atoms with Crippen molar-refractivity contribution in [3.05, 3.63) is 40.9 Å². The van der Waals surface area contributed by atoms with Crippen molar-refractivity contribution < 1.29 is 31.8 Å². The molecule has 0 N–H and O–H groups in total. The SMILES string of the molecule is O=C1c2sc3nc(-c4ccccc4)c(O[Br+2]([O-])[O-])n3c2CCC1Br. The van der Waals surface area contributed by atoms with Crippen LogP contribution in [0.3, 0.4) is 0 Å². The highest BCUT2D eigenvalue weighted by molar-refractivity contribution is 9.10. The predicted molar refractivity (Wildman–Crippen MR) is 84.5 cm³/mol. The van der Waals surface area contributed by atoms with Crippen molar-refractivity contribution in [3.8, 4) is 17.1 Å². The normalized spacial score (nSPS) is 17.5. The number of imidazole rings is 1. The second kappa shape index (κ2) is 6.23. The predicted octanol–water partition coefficient (Wildman–Crippen LogP) is 1.42. The van der Waals surface area contributed by atoms with Gasteiger partial charge in [-0.05, 0) is 12.8 Å². The minimum Gasteiger partial charge on any atom is -0.361 e. The molecule has 4 rings (SSSR count). The molecule has 6 nitrogen and oxygen atoms in total. The summed E-state index contributed by atoms with van der Waals surface area (Å²) in [5.41, 5.74) is 2.00. The molecule has 1 atom stereocenters. The van der Waals surface area contributed by atoms with Crippen molar-refractivity contribution >= 4 is 38.0 Å². The van der Waals surface area contributed by atoms with Crippen LogP contribution in [0.15, 0.2) is 30.3 Å². The Bertz CT molecular complexity index is 923. The van der Waals surface area contributed by atoms with Crippen LogP contribution in [0.4, 0.5) is 0 Å². The van der Waals surface area contributed by atoms with Crippen molar-refractivity contribution in [3.63, 3.8) is 0 Å². The maximum Gasteiger partial charge on any atom is 0.503 e. The Hall–Kier alpha value is -1.26. The smallest absolute Gasteiger partial charge is 0.361 e. The highest BCUT2D eigenvalue weighted by Crippen LogP contribution is 2.39. The van der Waals surface area contributed by atoms with Gasteiger partial charge in [0.1, 0.15) is 5.69 Å². The lowest BCUT2D eigenvalue weighted by molar-refractivity contribution is -1.62. The highest BCUT2D eigenvalue weighted by atomic mass is 80.0. The Balaban J connectivity index is 1.96. The van der Waals surface area contributed by atoms with E-state index in [2.05, 4.69) is 20.9 Å². The van der Waals surface area contributed by atoms with Crippen molar-refractivity contribution in [2.75, 3.05) is 0 Å². The van der Waals surface area contributed by atoms with Gasteiger partial charge in [-0.3, -0.25) is 4.79 Å². The van der Waals surface area contributed by atoms with E-state index in [1.165, 1.54) is 11.3 Å². The maximum atomic E-state index is 12.3. The first-order valence-corrected chi connectivity index (χ1v) is 10.8. The van der Waals surface area contributed by atoms with E-state index in [0.717, 1.165) is 11.3 Å². The topological polar surface area (TPSA) is 89.7 Å². The van der Waals surface area contributed by atoms with E-state index >= 15 is 0 Å². The first kappa shape index (κ1) is 16.2. The molecular formula is C15H10Br2N2O4S. The van der Waals surface area contributed by atoms with E-state index in [1.807, 2.05) is 30.3 Å². The summed E-state index contributed by atoms with van der Waals surface area (Å²) in [5.74, 6) is 0.170. The number of carbonyl (C=O) groups is 1. The molecule has 1 aliphatic rings. The summed E-state index contributed by atoms with van der Waals surface area (Å²) in [5, 5.41) is 0. The van der Waals surface area contributed by atoms with Crippen LogP contribution in [0, 0.1) is 14.8 Å². The lowest BCUT2D eigenvalue weighted by atomic mass is 10.0. The number of aromatic nitrogens is 2. The zero-order valence-corrected chi connectivity index (χ0v) is 16.1. The largest absolute Gasteiger partial charge is 0.503 e. The van der Waals surface area contributed by atoms with E-state index in [4.69, 9.17) is 3.83 Å². The van der Waals surface area contributed by atoms with Crippen LogP contribution >= 0.6 is 27.3 Å². The third-order valence-electron chi connectivity index (χ3n) is 3.86. The number of alkyl halides is 1. The van der Waals surface area contributed by atoms with E-state index < -0.39 is 14.8 Å². The van der Waals surface area contributed by atoms with Crippen LogP contribution in [-0.4, -0.2) is 20.0 Å². The second-order valence-electron chi connectivity index (χ2n) is 5.26. The van der Waals surface area contributed by atoms with Gasteiger partial charge in [0.25, 0.3) is 0 Å². The van der Waals surface area contributed by atoms with E-state index in [0.29, 0.717) is 28.4 Å². The molecule has 0 saturated carbocycles. The number of nitrogens with zero attached hydrogens (tertiary/aromatic N) is 2. The number of hydrogen-bond donors (Lipinski definition) is 0. The molecule has 0 spiro atoms. The highest BCUT2D eigenvalue weighted by Gasteiger charge is 2.35. The Morgan fingerprint density at radius 1 is 1.33 bits per heavy atom. The molecular weight excluding hydrogens is 464 g/mol. The quantitative estimate of drug-likeness (QED) is 0.536. The van der Waals surface area contributed by atoms with Crippen LogP contribution in [0.25, 0.3) is 16.2 Å². The zero-order valence-electron chi connectivity index (χ0n) is 12.1. The molecule has 1 aromatic carbocycles. The zero-order chi connectivity index (χ0) is 16.8. The molecule has 0 fully saturated rings. The van der Waals surface area contributed by atoms with Gasteiger partial charge >= 0.3 is 20.7 Å². The number of fused-ring (bicyclic) bond motifs is 3. The Morgan fingerprint density at radius 3 is 2.79 bits per heavy atom. The molecule has 124 valence electrons. The van der Waals surface area contributed by atoms with Gasteiger partial charge in [0.15, 0.2) is 10.7 Å². The summed E-state index contributed by atoms with van der Waals surface area (Å²) >= 11 is 1.17. The summed E-state index contributed by atoms with van der Waals surface area (Å²) < 4.78 is 29.3. The van der Waals surface area contributed by atoms with Crippen LogP contribution in [0.5, 0.6) is 5.88 Å². The lowest BCUT2D eigenvalue weighted by Gasteiger charge is -2.15. The van der Waals surface area contributed by atoms with Crippen LogP contribution in [0.2, 0.25) is 0 Å². The molecule has 2 heterocycles. The number of ketones is 1. The lowest BCUT2D eigenvalue weighted by Crippen LogP contribution is -2.37. The molecule has 0 radical (unpaired) electrons. The van der Waals surface area contributed by atoms with Crippen molar-refractivity contribution in [2.45, 2.75) is 17.7 Å². The Morgan fingerprint density at radius 2 is 2.08 bits per heavy atom. The number of halogens is 2. The fourth-order valence-electron chi connectivity index (χ4n) is 2.81. The van der Waals surface area contributed by atoms with Crippen LogP contribution in [-0.2, 0) is 6.42 Å². The van der Waals surface area contributed by atoms with Gasteiger partial charge in [0, 0.05) is 11.3 Å². The molecule has 24 heavy (non-hydrogen) atoms. The minimum absolute atomic E-state index is 0.00828. The van der Waals surface area contributed by atoms with E-state index in [9.17, 15) is 13.2 Å². The Labute approximate surface area is 154 Å². The third-order valence-corrected chi connectivity index (χ3v) is 6.40. The number of benzene rings is 1. The third kappa shape index (κ3) is 2.60. The van der Waals surface area contributed by atoms with E-state index in [1.54, 1.807) is 4.40 Å². The van der Waals surface area contributed by atoms with Gasteiger partial charge in [-0.25, -0.2) is 9.38 Å². The first-order valence-electron chi connectivity index (χ1n) is 7.08. The second-order valence-corrected chi connectivity index (χ2v) is 8.46. The van der Waals surface area contributed by atoms with Crippen LogP contribution < -0.4 is 12.2 Å². The van der Waals surface area contributed by atoms with E-state index in [-0.39, 0.29) is 16.5 Å². The number of aryl methyl sites for hydroxylation is 1. The van der Waals surface area contributed by atoms with Gasteiger partial charge in [-0.1, -0.05) is 57.6 Å². The molecule has 0 amide bonds. The van der Waals surface area contributed by atoms with Gasteiger partial charge < -0.3 is 8.40 Å². The fraction of sp³-hybridized carbons (Fsp3) is 0.200. The Kier molecular flexibility index (Phi) is 4.21. The molecule has 1 aliphatic carbocycles. The summed E-state index contributed by atoms with van der Waals surface area (Å²) in [6, 6.07) is 9.25. The average molecular weight is 474 g/mol. The molecule has 0 bridgehead atoms. The van der Waals surface area contributed by atoms with Crippen LogP contribution in [0.1, 0.15) is 21.8 Å². The standard InChI is InChI=1S/C15H10Br2N2O4S/c16-9-6-7-10-13(12(9)20)24-15-18-11(8-4-2-1-3-5-8)14(19(10)15)23-17(21)22/h1-5,9H,6-7H2. The summed E-state index contributed by atoms with van der Waals surface area (Å²) in [6.07, 6.45) is 1.31. The summed E-state index contributed by atoms with van der Waals surface area (Å²) in [7, 11) is 0. The van der Waals surface area contributed by atoms with Gasteiger partial charge in [-0.15, -0.1) is 3.83 Å². The molecule has 3 aromatic rings. The average Bonchev–Trinajstić information content (AvgIpc) is 3.09. The van der Waals surface area contributed by atoms with Gasteiger partial charge in [0.2, 0.25) is 0 Å². The monoisotopic (exact) mass is 472 g/mol.